The zero-order valence-corrected chi connectivity index (χ0v) is 12.2. The first-order valence-corrected chi connectivity index (χ1v) is 6.93. The minimum atomic E-state index is -0.903. The van der Waals surface area contributed by atoms with Gasteiger partial charge < -0.3 is 10.4 Å². The van der Waals surface area contributed by atoms with Crippen LogP contribution >= 0.6 is 0 Å². The first-order chi connectivity index (χ1) is 8.92. The van der Waals surface area contributed by atoms with E-state index in [1.165, 1.54) is 0 Å². The number of nitrogens with zero attached hydrogens (tertiary/aromatic N) is 1. The Morgan fingerprint density at radius 1 is 1.37 bits per heavy atom. The molecule has 1 aromatic rings. The van der Waals surface area contributed by atoms with Gasteiger partial charge in [-0.3, -0.25) is 0 Å². The summed E-state index contributed by atoms with van der Waals surface area (Å²) in [7, 11) is 0. The van der Waals surface area contributed by atoms with E-state index in [2.05, 4.69) is 38.0 Å². The average Bonchev–Trinajstić information content (AvgIpc) is 2.27. The third-order valence-corrected chi connectivity index (χ3v) is 2.85. The molecule has 0 amide bonds. The molecule has 0 fully saturated rings. The monoisotopic (exact) mass is 264 g/mol. The summed E-state index contributed by atoms with van der Waals surface area (Å²) in [6.07, 6.45) is 2.79. The number of hydrogen-bond acceptors (Lipinski definition) is 3. The highest BCUT2D eigenvalue weighted by Crippen LogP contribution is 2.15. The van der Waals surface area contributed by atoms with Crippen molar-refractivity contribution in [1.82, 2.24) is 4.98 Å². The zero-order valence-electron chi connectivity index (χ0n) is 12.2. The summed E-state index contributed by atoms with van der Waals surface area (Å²) in [6.45, 7) is 8.49. The molecule has 106 valence electrons. The van der Waals surface area contributed by atoms with Crippen LogP contribution in [0.15, 0.2) is 12.1 Å². The van der Waals surface area contributed by atoms with Gasteiger partial charge in [0, 0.05) is 11.7 Å². The molecule has 0 saturated carbocycles. The SMILES string of the molecule is CCCc1cc(C(=O)O)cc(NC(C)CC(C)C)n1. The lowest BCUT2D eigenvalue weighted by atomic mass is 10.1. The third kappa shape index (κ3) is 5.28. The number of carbonyl (C=O) groups is 1. The van der Waals surface area contributed by atoms with Crippen molar-refractivity contribution in [2.45, 2.75) is 53.0 Å². The molecule has 1 heterocycles. The minimum Gasteiger partial charge on any atom is -0.478 e. The van der Waals surface area contributed by atoms with Crippen molar-refractivity contribution in [2.24, 2.45) is 5.92 Å². The topological polar surface area (TPSA) is 62.2 Å². The number of anilines is 1. The van der Waals surface area contributed by atoms with Gasteiger partial charge in [-0.15, -0.1) is 0 Å². The highest BCUT2D eigenvalue weighted by atomic mass is 16.4. The predicted molar refractivity (Wildman–Crippen MR) is 77.7 cm³/mol. The molecule has 1 rings (SSSR count). The summed E-state index contributed by atoms with van der Waals surface area (Å²) in [6, 6.07) is 3.55. The number of aryl methyl sites for hydroxylation is 1. The lowest BCUT2D eigenvalue weighted by Crippen LogP contribution is -2.19. The zero-order chi connectivity index (χ0) is 14.4. The molecule has 2 N–H and O–H groups in total. The van der Waals surface area contributed by atoms with Crippen LogP contribution in [0, 0.1) is 5.92 Å². The van der Waals surface area contributed by atoms with Crippen LogP contribution < -0.4 is 5.32 Å². The molecule has 0 spiro atoms. The maximum atomic E-state index is 11.1. The number of carboxylic acid groups (broad SMARTS) is 1. The Labute approximate surface area is 115 Å². The highest BCUT2D eigenvalue weighted by molar-refractivity contribution is 5.88. The Hall–Kier alpha value is -1.58. The Bertz CT molecular complexity index is 430. The lowest BCUT2D eigenvalue weighted by Gasteiger charge is -2.17. The summed E-state index contributed by atoms with van der Waals surface area (Å²) in [5.41, 5.74) is 1.14. The van der Waals surface area contributed by atoms with Crippen molar-refractivity contribution in [3.05, 3.63) is 23.4 Å². The molecule has 0 bridgehead atoms. The van der Waals surface area contributed by atoms with Crippen molar-refractivity contribution in [3.63, 3.8) is 0 Å². The van der Waals surface area contributed by atoms with Crippen molar-refractivity contribution in [2.75, 3.05) is 5.32 Å². The summed E-state index contributed by atoms with van der Waals surface area (Å²) in [5.74, 6) is 0.357. The van der Waals surface area contributed by atoms with Crippen LogP contribution in [-0.4, -0.2) is 22.1 Å². The molecule has 0 aliphatic carbocycles. The smallest absolute Gasteiger partial charge is 0.335 e. The molecular formula is C15H24N2O2. The Kier molecular flexibility index (Phi) is 5.80. The minimum absolute atomic E-state index is 0.283. The van der Waals surface area contributed by atoms with Gasteiger partial charge >= 0.3 is 5.97 Å². The number of hydrogen-bond donors (Lipinski definition) is 2. The second-order valence-electron chi connectivity index (χ2n) is 5.46. The maximum Gasteiger partial charge on any atom is 0.335 e. The van der Waals surface area contributed by atoms with Crippen molar-refractivity contribution < 1.29 is 9.90 Å². The van der Waals surface area contributed by atoms with Crippen LogP contribution in [0.1, 0.15) is 56.6 Å². The molecular weight excluding hydrogens is 240 g/mol. The van der Waals surface area contributed by atoms with E-state index >= 15 is 0 Å². The summed E-state index contributed by atoms with van der Waals surface area (Å²) < 4.78 is 0. The summed E-state index contributed by atoms with van der Waals surface area (Å²) >= 11 is 0. The van der Waals surface area contributed by atoms with Crippen LogP contribution in [0.3, 0.4) is 0 Å². The maximum absolute atomic E-state index is 11.1. The molecule has 0 radical (unpaired) electrons. The second-order valence-corrected chi connectivity index (χ2v) is 5.46. The summed E-state index contributed by atoms with van der Waals surface area (Å²) in [4.78, 5) is 15.6. The molecule has 4 heteroatoms. The van der Waals surface area contributed by atoms with E-state index in [1.54, 1.807) is 12.1 Å². The van der Waals surface area contributed by atoms with E-state index in [4.69, 9.17) is 5.11 Å². The van der Waals surface area contributed by atoms with E-state index in [0.717, 1.165) is 25.0 Å². The first-order valence-electron chi connectivity index (χ1n) is 6.93. The van der Waals surface area contributed by atoms with Gasteiger partial charge in [0.1, 0.15) is 5.82 Å². The second kappa shape index (κ2) is 7.12. The average molecular weight is 264 g/mol. The normalized spacial score (nSPS) is 12.5. The third-order valence-electron chi connectivity index (χ3n) is 2.85. The molecule has 0 aliphatic heterocycles. The van der Waals surface area contributed by atoms with E-state index < -0.39 is 5.97 Å². The Morgan fingerprint density at radius 3 is 2.58 bits per heavy atom. The van der Waals surface area contributed by atoms with E-state index in [1.807, 2.05) is 0 Å². The van der Waals surface area contributed by atoms with Crippen molar-refractivity contribution in [1.29, 1.82) is 0 Å². The molecule has 0 aromatic carbocycles. The van der Waals surface area contributed by atoms with Gasteiger partial charge in [0.25, 0.3) is 0 Å². The number of carboxylic acids is 1. The molecule has 1 aromatic heterocycles. The van der Waals surface area contributed by atoms with E-state index in [-0.39, 0.29) is 6.04 Å². The number of aromatic nitrogens is 1. The summed E-state index contributed by atoms with van der Waals surface area (Å²) in [5, 5.41) is 12.4. The molecule has 4 nitrogen and oxygen atoms in total. The molecule has 1 atom stereocenters. The van der Waals surface area contributed by atoms with Gasteiger partial charge in [-0.25, -0.2) is 9.78 Å². The van der Waals surface area contributed by atoms with Crippen LogP contribution in [-0.2, 0) is 6.42 Å². The van der Waals surface area contributed by atoms with Gasteiger partial charge in [-0.2, -0.15) is 0 Å². The Balaban J connectivity index is 2.89. The van der Waals surface area contributed by atoms with E-state index in [0.29, 0.717) is 17.3 Å². The van der Waals surface area contributed by atoms with Crippen LogP contribution in [0.2, 0.25) is 0 Å². The fourth-order valence-corrected chi connectivity index (χ4v) is 2.19. The van der Waals surface area contributed by atoms with Crippen molar-refractivity contribution in [3.8, 4) is 0 Å². The number of pyridine rings is 1. The largest absolute Gasteiger partial charge is 0.478 e. The molecule has 0 aliphatic rings. The lowest BCUT2D eigenvalue weighted by molar-refractivity contribution is 0.0696. The van der Waals surface area contributed by atoms with Gasteiger partial charge in [0.05, 0.1) is 5.56 Å². The van der Waals surface area contributed by atoms with Gasteiger partial charge in [-0.05, 0) is 37.8 Å². The van der Waals surface area contributed by atoms with Crippen LogP contribution in [0.5, 0.6) is 0 Å². The number of rotatable bonds is 7. The van der Waals surface area contributed by atoms with Crippen molar-refractivity contribution >= 4 is 11.8 Å². The first kappa shape index (κ1) is 15.5. The fraction of sp³-hybridized carbons (Fsp3) is 0.600. The van der Waals surface area contributed by atoms with Crippen LogP contribution in [0.4, 0.5) is 5.82 Å². The molecule has 1 unspecified atom stereocenters. The number of nitrogens with one attached hydrogen (secondary N) is 1. The van der Waals surface area contributed by atoms with Gasteiger partial charge in [0.15, 0.2) is 0 Å². The standard InChI is InChI=1S/C15H24N2O2/c1-5-6-13-8-12(15(18)19)9-14(17-13)16-11(4)7-10(2)3/h8-11H,5-7H2,1-4H3,(H,16,17)(H,18,19). The number of aromatic carboxylic acids is 1. The molecule has 0 saturated heterocycles. The van der Waals surface area contributed by atoms with Gasteiger partial charge in [-0.1, -0.05) is 27.2 Å². The fourth-order valence-electron chi connectivity index (χ4n) is 2.19. The molecule has 19 heavy (non-hydrogen) atoms. The van der Waals surface area contributed by atoms with E-state index in [9.17, 15) is 4.79 Å². The highest BCUT2D eigenvalue weighted by Gasteiger charge is 2.11. The predicted octanol–water partition coefficient (Wildman–Crippen LogP) is 3.58. The Morgan fingerprint density at radius 2 is 2.05 bits per heavy atom. The van der Waals surface area contributed by atoms with Crippen LogP contribution in [0.25, 0.3) is 0 Å². The quantitative estimate of drug-likeness (QED) is 0.790. The van der Waals surface area contributed by atoms with Gasteiger partial charge in [0.2, 0.25) is 0 Å².